The lowest BCUT2D eigenvalue weighted by Gasteiger charge is -2.26. The van der Waals surface area contributed by atoms with Crippen LogP contribution < -0.4 is 11.1 Å². The van der Waals surface area contributed by atoms with Crippen LogP contribution in [0.1, 0.15) is 37.3 Å². The van der Waals surface area contributed by atoms with Crippen molar-refractivity contribution in [3.8, 4) is 0 Å². The smallest absolute Gasteiger partial charge is 0.354 e. The number of sulfonamides is 1. The number of aliphatic hydroxyl groups is 1. The Kier molecular flexibility index (Phi) is 8.84. The topological polar surface area (TPSA) is 144 Å². The zero-order valence-corrected chi connectivity index (χ0v) is 19.6. The third kappa shape index (κ3) is 7.00. The predicted molar refractivity (Wildman–Crippen MR) is 123 cm³/mol. The van der Waals surface area contributed by atoms with Gasteiger partial charge in [0.15, 0.2) is 5.84 Å². The highest BCUT2D eigenvalue weighted by Crippen LogP contribution is 2.21. The van der Waals surface area contributed by atoms with Gasteiger partial charge in [0.2, 0.25) is 4.91 Å². The number of likely N-dealkylation sites (tertiary alicyclic amines) is 1. The molecule has 3 rings (SSSR count). The lowest BCUT2D eigenvalue weighted by molar-refractivity contribution is -0.137. The molecular weight excluding hydrogens is 448 g/mol. The highest BCUT2D eigenvalue weighted by Gasteiger charge is 2.37. The van der Waals surface area contributed by atoms with E-state index in [1.165, 1.54) is 24.8 Å². The van der Waals surface area contributed by atoms with Crippen molar-refractivity contribution in [2.75, 3.05) is 32.8 Å². The zero-order chi connectivity index (χ0) is 23.8. The summed E-state index contributed by atoms with van der Waals surface area (Å²) in [5.74, 6) is -1.25. The number of rotatable bonds is 10. The highest BCUT2D eigenvalue weighted by molar-refractivity contribution is 7.95. The standard InChI is InChI=1S/C22H32N4O6S/c1-2-32-22(28)20-19(23)21(25-33(20,29)30)24-12-18(27)15-31-14-17-8-6-7-16(11-17)13-26-9-4-3-5-10-26/h6-8,11,18,27H,2-5,9-10,12-15,23H2,1H3,(H,24,25). The molecule has 0 aliphatic carbocycles. The van der Waals surface area contributed by atoms with Crippen LogP contribution in [-0.4, -0.2) is 69.2 Å². The fourth-order valence-electron chi connectivity index (χ4n) is 3.78. The molecule has 0 aromatic heterocycles. The van der Waals surface area contributed by atoms with E-state index < -0.39 is 27.0 Å². The van der Waals surface area contributed by atoms with Crippen LogP contribution in [0.25, 0.3) is 0 Å². The molecule has 10 nitrogen and oxygen atoms in total. The average molecular weight is 481 g/mol. The van der Waals surface area contributed by atoms with Crippen LogP contribution in [0.15, 0.2) is 39.3 Å². The summed E-state index contributed by atoms with van der Waals surface area (Å²) in [5, 5.41) is 12.8. The number of piperidine rings is 1. The van der Waals surface area contributed by atoms with Gasteiger partial charge in [-0.25, -0.2) is 4.79 Å². The van der Waals surface area contributed by atoms with E-state index >= 15 is 0 Å². The number of hydrogen-bond acceptors (Lipinski definition) is 9. The van der Waals surface area contributed by atoms with Crippen molar-refractivity contribution in [1.29, 1.82) is 0 Å². The molecule has 182 valence electrons. The first-order valence-corrected chi connectivity index (χ1v) is 12.6. The number of nitrogens with zero attached hydrogens (tertiary/aromatic N) is 2. The van der Waals surface area contributed by atoms with Crippen LogP contribution in [-0.2, 0) is 37.4 Å². The van der Waals surface area contributed by atoms with Gasteiger partial charge in [0.05, 0.1) is 25.9 Å². The Labute approximate surface area is 194 Å². The van der Waals surface area contributed by atoms with Crippen LogP contribution in [0.2, 0.25) is 0 Å². The van der Waals surface area contributed by atoms with E-state index in [-0.39, 0.29) is 31.3 Å². The van der Waals surface area contributed by atoms with Gasteiger partial charge in [-0.3, -0.25) is 4.90 Å². The Bertz CT molecular complexity index is 1000. The molecule has 0 amide bonds. The fourth-order valence-corrected chi connectivity index (χ4v) is 4.92. The van der Waals surface area contributed by atoms with Gasteiger partial charge in [-0.15, -0.1) is 4.40 Å². The van der Waals surface area contributed by atoms with E-state index in [1.807, 2.05) is 12.1 Å². The number of hydrogen-bond donors (Lipinski definition) is 3. The van der Waals surface area contributed by atoms with Crippen molar-refractivity contribution >= 4 is 21.8 Å². The number of esters is 1. The molecule has 1 fully saturated rings. The van der Waals surface area contributed by atoms with E-state index in [4.69, 9.17) is 15.2 Å². The quantitative estimate of drug-likeness (QED) is 0.410. The maximum Gasteiger partial charge on any atom is 0.354 e. The maximum absolute atomic E-state index is 12.1. The molecule has 0 radical (unpaired) electrons. The third-order valence-corrected chi connectivity index (χ3v) is 6.69. The SMILES string of the molecule is CCOC(=O)C1=C(N)C(NCC(O)COCc2cccc(CN3CCCCC3)c2)=NS1(=O)=O. The largest absolute Gasteiger partial charge is 0.462 e. The molecule has 4 N–H and O–H groups in total. The Morgan fingerprint density at radius 3 is 2.73 bits per heavy atom. The first kappa shape index (κ1) is 25.2. The molecular formula is C22H32N4O6S. The van der Waals surface area contributed by atoms with E-state index in [0.29, 0.717) is 6.61 Å². The Morgan fingerprint density at radius 1 is 1.27 bits per heavy atom. The molecule has 1 saturated heterocycles. The molecule has 0 bridgehead atoms. The number of benzene rings is 1. The van der Waals surface area contributed by atoms with Gasteiger partial charge in [0, 0.05) is 13.1 Å². The summed E-state index contributed by atoms with van der Waals surface area (Å²) in [6.45, 7) is 5.06. The molecule has 2 heterocycles. The predicted octanol–water partition coefficient (Wildman–Crippen LogP) is 0.615. The fraction of sp³-hybridized carbons (Fsp3) is 0.545. The van der Waals surface area contributed by atoms with Gasteiger partial charge in [-0.2, -0.15) is 8.42 Å². The average Bonchev–Trinajstić information content (AvgIpc) is 3.01. The lowest BCUT2D eigenvalue weighted by Crippen LogP contribution is -2.36. The van der Waals surface area contributed by atoms with Gasteiger partial charge >= 0.3 is 5.97 Å². The van der Waals surface area contributed by atoms with Crippen LogP contribution in [0.5, 0.6) is 0 Å². The number of ether oxygens (including phenoxy) is 2. The third-order valence-electron chi connectivity index (χ3n) is 5.36. The first-order chi connectivity index (χ1) is 15.8. The molecule has 1 aromatic rings. The van der Waals surface area contributed by atoms with Gasteiger partial charge in [0.25, 0.3) is 10.0 Å². The van der Waals surface area contributed by atoms with Crippen molar-refractivity contribution in [1.82, 2.24) is 10.2 Å². The van der Waals surface area contributed by atoms with Crippen LogP contribution >= 0.6 is 0 Å². The van der Waals surface area contributed by atoms with Crippen molar-refractivity contribution in [2.45, 2.75) is 45.4 Å². The normalized spacial score (nSPS) is 19.3. The second-order valence-electron chi connectivity index (χ2n) is 8.08. The maximum atomic E-state index is 12.1. The second kappa shape index (κ2) is 11.6. The van der Waals surface area contributed by atoms with E-state index in [1.54, 1.807) is 6.92 Å². The van der Waals surface area contributed by atoms with Crippen molar-refractivity contribution in [2.24, 2.45) is 10.1 Å². The van der Waals surface area contributed by atoms with E-state index in [2.05, 4.69) is 26.7 Å². The van der Waals surface area contributed by atoms with Crippen LogP contribution in [0.4, 0.5) is 0 Å². The minimum Gasteiger partial charge on any atom is -0.462 e. The van der Waals surface area contributed by atoms with Crippen molar-refractivity contribution in [3.05, 3.63) is 46.0 Å². The number of nitrogens with two attached hydrogens (primary N) is 1. The molecule has 2 aliphatic heterocycles. The Hall–Kier alpha value is -2.47. The molecule has 11 heteroatoms. The molecule has 1 atom stereocenters. The summed E-state index contributed by atoms with van der Waals surface area (Å²) in [7, 11) is -4.23. The van der Waals surface area contributed by atoms with Crippen molar-refractivity contribution in [3.63, 3.8) is 0 Å². The summed E-state index contributed by atoms with van der Waals surface area (Å²) in [5.41, 5.74) is 7.69. The number of carbonyl (C=O) groups is 1. The van der Waals surface area contributed by atoms with Crippen LogP contribution in [0, 0.1) is 0 Å². The summed E-state index contributed by atoms with van der Waals surface area (Å²) in [6, 6.07) is 8.20. The summed E-state index contributed by atoms with van der Waals surface area (Å²) in [4.78, 5) is 13.6. The lowest BCUT2D eigenvalue weighted by atomic mass is 10.1. The Balaban J connectivity index is 1.45. The summed E-state index contributed by atoms with van der Waals surface area (Å²) >= 11 is 0. The van der Waals surface area contributed by atoms with Gasteiger partial charge in [0.1, 0.15) is 5.70 Å². The summed E-state index contributed by atoms with van der Waals surface area (Å²) in [6.07, 6.45) is 2.86. The van der Waals surface area contributed by atoms with Gasteiger partial charge < -0.3 is 25.6 Å². The zero-order valence-electron chi connectivity index (χ0n) is 18.8. The number of carbonyl (C=O) groups excluding carboxylic acids is 1. The van der Waals surface area contributed by atoms with E-state index in [0.717, 1.165) is 25.2 Å². The number of nitrogens with one attached hydrogen (secondary N) is 1. The van der Waals surface area contributed by atoms with Crippen molar-refractivity contribution < 1.29 is 27.8 Å². The monoisotopic (exact) mass is 480 g/mol. The summed E-state index contributed by atoms with van der Waals surface area (Å²) < 4.78 is 37.9. The van der Waals surface area contributed by atoms with Gasteiger partial charge in [-0.1, -0.05) is 30.7 Å². The molecule has 1 aromatic carbocycles. The van der Waals surface area contributed by atoms with Crippen LogP contribution in [0.3, 0.4) is 0 Å². The number of amidine groups is 1. The molecule has 1 unspecified atom stereocenters. The molecule has 2 aliphatic rings. The molecule has 0 saturated carbocycles. The second-order valence-corrected chi connectivity index (χ2v) is 9.63. The number of aliphatic hydroxyl groups excluding tert-OH is 1. The molecule has 33 heavy (non-hydrogen) atoms. The first-order valence-electron chi connectivity index (χ1n) is 11.1. The minimum atomic E-state index is -4.23. The highest BCUT2D eigenvalue weighted by atomic mass is 32.2. The van der Waals surface area contributed by atoms with Gasteiger partial charge in [-0.05, 0) is 44.0 Å². The van der Waals surface area contributed by atoms with E-state index in [9.17, 15) is 18.3 Å². The minimum absolute atomic E-state index is 0.00507. The molecule has 0 spiro atoms. The Morgan fingerprint density at radius 2 is 2.00 bits per heavy atom.